The van der Waals surface area contributed by atoms with Crippen molar-refractivity contribution >= 4 is 33.2 Å². The Morgan fingerprint density at radius 3 is 2.31 bits per heavy atom. The number of hydrogen-bond acceptors (Lipinski definition) is 3. The third kappa shape index (κ3) is 4.56. The molecule has 0 aliphatic rings. The van der Waals surface area contributed by atoms with Gasteiger partial charge in [-0.25, -0.2) is 8.42 Å². The Kier molecular flexibility index (Phi) is 6.31. The lowest BCUT2D eigenvalue weighted by Crippen LogP contribution is -2.43. The van der Waals surface area contributed by atoms with Crippen molar-refractivity contribution in [1.82, 2.24) is 5.32 Å². The Labute approximate surface area is 160 Å². The minimum atomic E-state index is -3.93. The van der Waals surface area contributed by atoms with E-state index in [0.717, 1.165) is 9.87 Å². The second-order valence-corrected chi connectivity index (χ2v) is 8.70. The zero-order valence-corrected chi connectivity index (χ0v) is 16.9. The fourth-order valence-corrected chi connectivity index (χ4v) is 4.15. The van der Waals surface area contributed by atoms with E-state index in [9.17, 15) is 13.2 Å². The molecule has 0 aromatic heterocycles. The molecule has 0 aliphatic carbocycles. The van der Waals surface area contributed by atoms with Crippen molar-refractivity contribution in [2.45, 2.75) is 38.6 Å². The van der Waals surface area contributed by atoms with Crippen LogP contribution in [0.3, 0.4) is 0 Å². The van der Waals surface area contributed by atoms with Crippen LogP contribution in [0.2, 0.25) is 5.02 Å². The molecule has 2 rings (SSSR count). The first-order valence-corrected chi connectivity index (χ1v) is 10.1. The molecule has 2 aromatic rings. The molecule has 0 unspecified atom stereocenters. The van der Waals surface area contributed by atoms with Gasteiger partial charge in [0.05, 0.1) is 10.6 Å². The average Bonchev–Trinajstić information content (AvgIpc) is 2.55. The summed E-state index contributed by atoms with van der Waals surface area (Å²) in [5, 5.41) is 3.17. The molecule has 0 saturated carbocycles. The fourth-order valence-electron chi connectivity index (χ4n) is 2.50. The van der Waals surface area contributed by atoms with Crippen molar-refractivity contribution in [2.24, 2.45) is 0 Å². The number of carbonyl (C=O) groups is 1. The minimum absolute atomic E-state index is 0.0908. The SMILES string of the molecule is Cc1ccc(S(=O)(=O)N(CC(=O)NC(C)C)c2cccc(Cl)c2C)cc1. The van der Waals surface area contributed by atoms with Gasteiger partial charge in [0, 0.05) is 11.1 Å². The number of benzene rings is 2. The van der Waals surface area contributed by atoms with E-state index < -0.39 is 10.0 Å². The number of rotatable bonds is 6. The molecule has 2 aromatic carbocycles. The molecule has 0 saturated heterocycles. The first-order valence-electron chi connectivity index (χ1n) is 8.27. The molecule has 0 atom stereocenters. The van der Waals surface area contributed by atoms with E-state index in [-0.39, 0.29) is 23.4 Å². The smallest absolute Gasteiger partial charge is 0.264 e. The number of nitrogens with one attached hydrogen (secondary N) is 1. The van der Waals surface area contributed by atoms with Crippen LogP contribution in [0, 0.1) is 13.8 Å². The average molecular weight is 395 g/mol. The number of amides is 1. The quantitative estimate of drug-likeness (QED) is 0.812. The topological polar surface area (TPSA) is 66.5 Å². The molecule has 7 heteroatoms. The van der Waals surface area contributed by atoms with Gasteiger partial charge in [0.1, 0.15) is 6.54 Å². The van der Waals surface area contributed by atoms with Crippen molar-refractivity contribution in [1.29, 1.82) is 0 Å². The normalized spacial score (nSPS) is 11.5. The molecule has 140 valence electrons. The highest BCUT2D eigenvalue weighted by Crippen LogP contribution is 2.30. The van der Waals surface area contributed by atoms with Crippen LogP contribution in [0.25, 0.3) is 0 Å². The number of sulfonamides is 1. The maximum absolute atomic E-state index is 13.2. The number of aryl methyl sites for hydroxylation is 1. The van der Waals surface area contributed by atoms with Gasteiger partial charge in [-0.05, 0) is 57.5 Å². The van der Waals surface area contributed by atoms with E-state index in [1.807, 2.05) is 20.8 Å². The number of carbonyl (C=O) groups excluding carboxylic acids is 1. The molecular weight excluding hydrogens is 372 g/mol. The highest BCUT2D eigenvalue weighted by atomic mass is 35.5. The van der Waals surface area contributed by atoms with E-state index in [1.165, 1.54) is 12.1 Å². The summed E-state index contributed by atoms with van der Waals surface area (Å²) in [6.45, 7) is 6.93. The number of hydrogen-bond donors (Lipinski definition) is 1. The van der Waals surface area contributed by atoms with Crippen molar-refractivity contribution in [3.05, 3.63) is 58.6 Å². The number of nitrogens with zero attached hydrogens (tertiary/aromatic N) is 1. The fraction of sp³-hybridized carbons (Fsp3) is 0.316. The predicted octanol–water partition coefficient (Wildman–Crippen LogP) is 3.68. The highest BCUT2D eigenvalue weighted by Gasteiger charge is 2.28. The van der Waals surface area contributed by atoms with Crippen LogP contribution in [-0.4, -0.2) is 26.9 Å². The van der Waals surface area contributed by atoms with Gasteiger partial charge in [0.2, 0.25) is 5.91 Å². The Morgan fingerprint density at radius 2 is 1.73 bits per heavy atom. The summed E-state index contributed by atoms with van der Waals surface area (Å²) in [6, 6.07) is 11.4. The zero-order chi connectivity index (χ0) is 19.5. The summed E-state index contributed by atoms with van der Waals surface area (Å²) >= 11 is 6.17. The van der Waals surface area contributed by atoms with E-state index in [4.69, 9.17) is 11.6 Å². The maximum Gasteiger partial charge on any atom is 0.264 e. The Hall–Kier alpha value is -2.05. The van der Waals surface area contributed by atoms with Gasteiger partial charge in [-0.1, -0.05) is 35.4 Å². The molecular formula is C19H23ClN2O3S. The van der Waals surface area contributed by atoms with Crippen LogP contribution in [0.15, 0.2) is 47.4 Å². The number of anilines is 1. The summed E-state index contributed by atoms with van der Waals surface area (Å²) in [5.41, 5.74) is 1.94. The summed E-state index contributed by atoms with van der Waals surface area (Å²) in [6.07, 6.45) is 0. The van der Waals surface area contributed by atoms with Gasteiger partial charge >= 0.3 is 0 Å². The van der Waals surface area contributed by atoms with Crippen LogP contribution >= 0.6 is 11.6 Å². The van der Waals surface area contributed by atoms with Crippen LogP contribution in [0.5, 0.6) is 0 Å². The van der Waals surface area contributed by atoms with Gasteiger partial charge in [0.25, 0.3) is 10.0 Å². The monoisotopic (exact) mass is 394 g/mol. The van der Waals surface area contributed by atoms with E-state index in [0.29, 0.717) is 16.3 Å². The molecule has 1 amide bonds. The standard InChI is InChI=1S/C19H23ClN2O3S/c1-13(2)21-19(23)12-22(18-7-5-6-17(20)15(18)4)26(24,25)16-10-8-14(3)9-11-16/h5-11,13H,12H2,1-4H3,(H,21,23). The van der Waals surface area contributed by atoms with Crippen molar-refractivity contribution in [2.75, 3.05) is 10.8 Å². The largest absolute Gasteiger partial charge is 0.352 e. The molecule has 0 heterocycles. The van der Waals surface area contributed by atoms with Gasteiger partial charge in [0.15, 0.2) is 0 Å². The van der Waals surface area contributed by atoms with Crippen LogP contribution in [0.1, 0.15) is 25.0 Å². The molecule has 0 spiro atoms. The molecule has 26 heavy (non-hydrogen) atoms. The summed E-state index contributed by atoms with van der Waals surface area (Å²) < 4.78 is 27.6. The molecule has 0 aliphatic heterocycles. The van der Waals surface area contributed by atoms with E-state index >= 15 is 0 Å². The zero-order valence-electron chi connectivity index (χ0n) is 15.3. The first kappa shape index (κ1) is 20.3. The molecule has 1 N–H and O–H groups in total. The van der Waals surface area contributed by atoms with Crippen molar-refractivity contribution in [3.63, 3.8) is 0 Å². The van der Waals surface area contributed by atoms with Crippen molar-refractivity contribution in [3.8, 4) is 0 Å². The van der Waals surface area contributed by atoms with Crippen molar-refractivity contribution < 1.29 is 13.2 Å². The van der Waals surface area contributed by atoms with Gasteiger partial charge < -0.3 is 5.32 Å². The Bertz CT molecular complexity index is 894. The lowest BCUT2D eigenvalue weighted by atomic mass is 10.2. The third-order valence-electron chi connectivity index (χ3n) is 3.85. The van der Waals surface area contributed by atoms with Gasteiger partial charge in [-0.2, -0.15) is 0 Å². The molecule has 0 bridgehead atoms. The Morgan fingerprint density at radius 1 is 1.12 bits per heavy atom. The van der Waals surface area contributed by atoms with E-state index in [2.05, 4.69) is 5.32 Å². The second-order valence-electron chi connectivity index (χ2n) is 6.43. The molecule has 0 fully saturated rings. The molecule has 0 radical (unpaired) electrons. The third-order valence-corrected chi connectivity index (χ3v) is 6.04. The van der Waals surface area contributed by atoms with E-state index in [1.54, 1.807) is 37.3 Å². The van der Waals surface area contributed by atoms with Crippen LogP contribution in [0.4, 0.5) is 5.69 Å². The number of halogens is 1. The lowest BCUT2D eigenvalue weighted by Gasteiger charge is -2.26. The second kappa shape index (κ2) is 8.10. The minimum Gasteiger partial charge on any atom is -0.352 e. The Balaban J connectivity index is 2.54. The molecule has 5 nitrogen and oxygen atoms in total. The predicted molar refractivity (Wildman–Crippen MR) is 105 cm³/mol. The first-order chi connectivity index (χ1) is 12.1. The highest BCUT2D eigenvalue weighted by molar-refractivity contribution is 7.92. The van der Waals surface area contributed by atoms with Crippen LogP contribution in [-0.2, 0) is 14.8 Å². The summed E-state index contributed by atoms with van der Waals surface area (Å²) in [5.74, 6) is -0.380. The van der Waals surface area contributed by atoms with Gasteiger partial charge in [-0.15, -0.1) is 0 Å². The summed E-state index contributed by atoms with van der Waals surface area (Å²) in [7, 11) is -3.93. The van der Waals surface area contributed by atoms with Crippen LogP contribution < -0.4 is 9.62 Å². The lowest BCUT2D eigenvalue weighted by molar-refractivity contribution is -0.120. The maximum atomic E-state index is 13.2. The summed E-state index contributed by atoms with van der Waals surface area (Å²) in [4.78, 5) is 12.4. The van der Waals surface area contributed by atoms with Gasteiger partial charge in [-0.3, -0.25) is 9.10 Å².